The van der Waals surface area contributed by atoms with Crippen LogP contribution < -0.4 is 11.1 Å². The van der Waals surface area contributed by atoms with Crippen molar-refractivity contribution in [2.24, 2.45) is 10.7 Å². The highest BCUT2D eigenvalue weighted by Gasteiger charge is 2.03. The van der Waals surface area contributed by atoms with Gasteiger partial charge in [-0.15, -0.1) is 0 Å². The average molecular weight is 206 g/mol. The first-order valence-corrected chi connectivity index (χ1v) is 4.32. The number of benzene rings is 1. The number of hydrogen-bond acceptors (Lipinski definition) is 2. The summed E-state index contributed by atoms with van der Waals surface area (Å²) >= 11 is 0. The van der Waals surface area contributed by atoms with E-state index in [1.807, 2.05) is 6.07 Å². The summed E-state index contributed by atoms with van der Waals surface area (Å²) in [6.45, 7) is 0.251. The maximum atomic E-state index is 13.3. The molecule has 0 aromatic heterocycles. The van der Waals surface area contributed by atoms with Gasteiger partial charge in [0, 0.05) is 19.2 Å². The number of nitriles is 1. The SMILES string of the molecule is CN=C(N)NCc1ccc(C#N)cc1F. The Balaban J connectivity index is 2.75. The predicted molar refractivity (Wildman–Crippen MR) is 55.5 cm³/mol. The average Bonchev–Trinajstić information content (AvgIpc) is 2.26. The van der Waals surface area contributed by atoms with E-state index >= 15 is 0 Å². The van der Waals surface area contributed by atoms with E-state index in [0.717, 1.165) is 0 Å². The largest absolute Gasteiger partial charge is 0.370 e. The minimum atomic E-state index is -0.426. The van der Waals surface area contributed by atoms with Gasteiger partial charge in [-0.05, 0) is 12.1 Å². The van der Waals surface area contributed by atoms with Gasteiger partial charge in [0.2, 0.25) is 0 Å². The lowest BCUT2D eigenvalue weighted by atomic mass is 10.1. The van der Waals surface area contributed by atoms with Crippen LogP contribution in [-0.2, 0) is 6.54 Å². The van der Waals surface area contributed by atoms with Gasteiger partial charge in [0.05, 0.1) is 11.6 Å². The van der Waals surface area contributed by atoms with Crippen molar-refractivity contribution in [3.05, 3.63) is 35.1 Å². The molecule has 0 atom stereocenters. The second-order valence-corrected chi connectivity index (χ2v) is 2.88. The molecule has 1 rings (SSSR count). The Morgan fingerprint density at radius 1 is 1.67 bits per heavy atom. The standard InChI is InChI=1S/C10H11FN4/c1-14-10(13)15-6-8-3-2-7(5-12)4-9(8)11/h2-4H,6H2,1H3,(H3,13,14,15). The Bertz CT molecular complexity index is 420. The molecular weight excluding hydrogens is 195 g/mol. The molecule has 78 valence electrons. The molecule has 0 amide bonds. The van der Waals surface area contributed by atoms with Gasteiger partial charge >= 0.3 is 0 Å². The molecule has 0 unspecified atom stereocenters. The molecule has 0 saturated carbocycles. The highest BCUT2D eigenvalue weighted by molar-refractivity contribution is 5.77. The van der Waals surface area contributed by atoms with Crippen LogP contribution in [0.25, 0.3) is 0 Å². The third-order valence-corrected chi connectivity index (χ3v) is 1.88. The smallest absolute Gasteiger partial charge is 0.188 e. The van der Waals surface area contributed by atoms with Gasteiger partial charge in [0.15, 0.2) is 5.96 Å². The molecule has 0 aliphatic carbocycles. The van der Waals surface area contributed by atoms with Gasteiger partial charge < -0.3 is 11.1 Å². The van der Waals surface area contributed by atoms with Gasteiger partial charge in [-0.3, -0.25) is 4.99 Å². The Morgan fingerprint density at radius 2 is 2.40 bits per heavy atom. The van der Waals surface area contributed by atoms with E-state index in [1.54, 1.807) is 12.1 Å². The summed E-state index contributed by atoms with van der Waals surface area (Å²) in [4.78, 5) is 3.68. The summed E-state index contributed by atoms with van der Waals surface area (Å²) in [5.41, 5.74) is 6.14. The lowest BCUT2D eigenvalue weighted by molar-refractivity contribution is 0.605. The van der Waals surface area contributed by atoms with E-state index < -0.39 is 5.82 Å². The first kappa shape index (κ1) is 11.0. The van der Waals surface area contributed by atoms with Gasteiger partial charge in [0.1, 0.15) is 5.82 Å². The molecule has 0 heterocycles. The third-order valence-electron chi connectivity index (χ3n) is 1.88. The van der Waals surface area contributed by atoms with E-state index in [4.69, 9.17) is 11.0 Å². The van der Waals surface area contributed by atoms with Crippen molar-refractivity contribution in [1.29, 1.82) is 5.26 Å². The Kier molecular flexibility index (Phi) is 3.63. The maximum Gasteiger partial charge on any atom is 0.188 e. The first-order chi connectivity index (χ1) is 7.17. The fourth-order valence-corrected chi connectivity index (χ4v) is 1.03. The molecule has 15 heavy (non-hydrogen) atoms. The molecule has 0 radical (unpaired) electrons. The topological polar surface area (TPSA) is 74.2 Å². The normalized spacial score (nSPS) is 10.9. The number of halogens is 1. The van der Waals surface area contributed by atoms with Gasteiger partial charge in [-0.1, -0.05) is 6.07 Å². The minimum Gasteiger partial charge on any atom is -0.370 e. The van der Waals surface area contributed by atoms with E-state index in [9.17, 15) is 4.39 Å². The summed E-state index contributed by atoms with van der Waals surface area (Å²) in [6, 6.07) is 6.15. The van der Waals surface area contributed by atoms with Crippen LogP contribution in [0.1, 0.15) is 11.1 Å². The molecule has 3 N–H and O–H groups in total. The molecule has 1 aromatic rings. The number of nitrogens with one attached hydrogen (secondary N) is 1. The van der Waals surface area contributed by atoms with E-state index in [-0.39, 0.29) is 12.5 Å². The van der Waals surface area contributed by atoms with Crippen molar-refractivity contribution in [2.75, 3.05) is 7.05 Å². The van der Waals surface area contributed by atoms with Gasteiger partial charge in [0.25, 0.3) is 0 Å². The van der Waals surface area contributed by atoms with Crippen molar-refractivity contribution >= 4 is 5.96 Å². The zero-order chi connectivity index (χ0) is 11.3. The lowest BCUT2D eigenvalue weighted by Gasteiger charge is -2.05. The monoisotopic (exact) mass is 206 g/mol. The quantitative estimate of drug-likeness (QED) is 0.553. The summed E-state index contributed by atoms with van der Waals surface area (Å²) < 4.78 is 13.3. The molecule has 0 bridgehead atoms. The molecular formula is C10H11FN4. The van der Waals surface area contributed by atoms with Crippen LogP contribution in [0.3, 0.4) is 0 Å². The molecule has 0 aliphatic rings. The van der Waals surface area contributed by atoms with Crippen LogP contribution in [0.2, 0.25) is 0 Å². The summed E-state index contributed by atoms with van der Waals surface area (Å²) in [5.74, 6) is -0.177. The second-order valence-electron chi connectivity index (χ2n) is 2.88. The molecule has 5 heteroatoms. The number of nitrogens with zero attached hydrogens (tertiary/aromatic N) is 2. The second kappa shape index (κ2) is 4.96. The van der Waals surface area contributed by atoms with Crippen LogP contribution in [-0.4, -0.2) is 13.0 Å². The maximum absolute atomic E-state index is 13.3. The predicted octanol–water partition coefficient (Wildman–Crippen LogP) is 0.731. The first-order valence-electron chi connectivity index (χ1n) is 4.32. The van der Waals surface area contributed by atoms with Crippen LogP contribution >= 0.6 is 0 Å². The van der Waals surface area contributed by atoms with Crippen molar-refractivity contribution < 1.29 is 4.39 Å². The number of guanidine groups is 1. The molecule has 4 nitrogen and oxygen atoms in total. The minimum absolute atomic E-state index is 0.249. The van der Waals surface area contributed by atoms with Crippen LogP contribution in [0, 0.1) is 17.1 Å². The Hall–Kier alpha value is -2.09. The molecule has 0 aliphatic heterocycles. The van der Waals surface area contributed by atoms with Crippen LogP contribution in [0.4, 0.5) is 4.39 Å². The van der Waals surface area contributed by atoms with Crippen molar-refractivity contribution in [1.82, 2.24) is 5.32 Å². The Labute approximate surface area is 87.2 Å². The summed E-state index contributed by atoms with van der Waals surface area (Å²) in [5, 5.41) is 11.3. The van der Waals surface area contributed by atoms with E-state index in [2.05, 4.69) is 10.3 Å². The van der Waals surface area contributed by atoms with Crippen molar-refractivity contribution in [2.45, 2.75) is 6.54 Å². The molecule has 1 aromatic carbocycles. The number of aliphatic imine (C=N–C) groups is 1. The number of hydrogen-bond donors (Lipinski definition) is 2. The number of rotatable bonds is 2. The Morgan fingerprint density at radius 3 is 2.93 bits per heavy atom. The molecule has 0 saturated heterocycles. The molecule has 0 fully saturated rings. The van der Waals surface area contributed by atoms with E-state index in [0.29, 0.717) is 11.1 Å². The fourth-order valence-electron chi connectivity index (χ4n) is 1.03. The van der Waals surface area contributed by atoms with E-state index in [1.165, 1.54) is 13.1 Å². The fraction of sp³-hybridized carbons (Fsp3) is 0.200. The van der Waals surface area contributed by atoms with Crippen LogP contribution in [0.5, 0.6) is 0 Å². The lowest BCUT2D eigenvalue weighted by Crippen LogP contribution is -2.31. The summed E-state index contributed by atoms with van der Waals surface area (Å²) in [7, 11) is 1.54. The zero-order valence-corrected chi connectivity index (χ0v) is 8.29. The van der Waals surface area contributed by atoms with Gasteiger partial charge in [-0.25, -0.2) is 4.39 Å². The van der Waals surface area contributed by atoms with Crippen molar-refractivity contribution in [3.8, 4) is 6.07 Å². The van der Waals surface area contributed by atoms with Gasteiger partial charge in [-0.2, -0.15) is 5.26 Å². The third kappa shape index (κ3) is 2.95. The molecule has 0 spiro atoms. The highest BCUT2D eigenvalue weighted by Crippen LogP contribution is 2.09. The van der Waals surface area contributed by atoms with Crippen LogP contribution in [0.15, 0.2) is 23.2 Å². The van der Waals surface area contributed by atoms with Crippen molar-refractivity contribution in [3.63, 3.8) is 0 Å². The highest BCUT2D eigenvalue weighted by atomic mass is 19.1. The zero-order valence-electron chi connectivity index (χ0n) is 8.29. The number of nitrogens with two attached hydrogens (primary N) is 1. The summed E-state index contributed by atoms with van der Waals surface area (Å²) in [6.07, 6.45) is 0.